The van der Waals surface area contributed by atoms with Crippen LogP contribution in [0.2, 0.25) is 0 Å². The normalized spacial score (nSPS) is 12.9. The molecule has 17 heteroatoms. The molecular formula is C20H36F6O8PW2-3. The summed E-state index contributed by atoms with van der Waals surface area (Å²) in [7, 11) is -10.7. The summed E-state index contributed by atoms with van der Waals surface area (Å²) in [6.07, 6.45) is 0. The smallest absolute Gasteiger partial charge is 0 e. The molecule has 0 N–H and O–H groups in total. The Hall–Kier alpha value is -0.733. The summed E-state index contributed by atoms with van der Waals surface area (Å²) in [5, 5.41) is 39.6. The summed E-state index contributed by atoms with van der Waals surface area (Å²) in [5.41, 5.74) is -2.78. The maximum Gasteiger partial charge on any atom is 2.00 e. The van der Waals surface area contributed by atoms with Crippen LogP contribution in [0.4, 0.5) is 25.2 Å². The topological polar surface area (TPSA) is 161 Å². The van der Waals surface area contributed by atoms with E-state index in [1.807, 2.05) is 0 Å². The average Bonchev–Trinajstić information content (AvgIpc) is 2.41. The first-order valence-corrected chi connectivity index (χ1v) is 11.7. The van der Waals surface area contributed by atoms with Crippen molar-refractivity contribution in [2.24, 2.45) is 21.7 Å². The summed E-state index contributed by atoms with van der Waals surface area (Å²) in [6.45, 7) is 19.2. The number of carboxylic acids is 4. The molecule has 0 atom stereocenters. The van der Waals surface area contributed by atoms with Crippen LogP contribution < -0.4 is 20.4 Å². The SMILES string of the molecule is CC(C)(C)C(=O)[O-].CC(C)(C)C(=O)[O-].CC(C)(C)C(=O)[O-].CC(C)(C)C(=O)[O-].F[P-](F)(F)(F)(F)F.[W+2].[W]. The largest absolute Gasteiger partial charge is 2.00 e. The molecule has 0 aromatic heterocycles. The Kier molecular flexibility index (Phi) is 23.3. The van der Waals surface area contributed by atoms with Gasteiger partial charge in [0.25, 0.3) is 0 Å². The Labute approximate surface area is 242 Å². The predicted molar refractivity (Wildman–Crippen MR) is 111 cm³/mol. The molecule has 0 amide bonds. The first-order chi connectivity index (χ1) is 14.2. The van der Waals surface area contributed by atoms with Crippen LogP contribution in [0.3, 0.4) is 0 Å². The molecule has 226 valence electrons. The first kappa shape index (κ1) is 52.7. The van der Waals surface area contributed by atoms with E-state index in [9.17, 15) is 64.8 Å². The molecule has 0 rings (SSSR count). The van der Waals surface area contributed by atoms with Crippen LogP contribution in [0.25, 0.3) is 0 Å². The van der Waals surface area contributed by atoms with Crippen LogP contribution in [0, 0.1) is 21.7 Å². The van der Waals surface area contributed by atoms with Crippen LogP contribution in [0.1, 0.15) is 83.1 Å². The van der Waals surface area contributed by atoms with Gasteiger partial charge in [0.2, 0.25) is 0 Å². The summed E-state index contributed by atoms with van der Waals surface area (Å²) in [5.74, 6) is -4.03. The molecule has 0 spiro atoms. The second kappa shape index (κ2) is 16.4. The summed E-state index contributed by atoms with van der Waals surface area (Å²) in [6, 6.07) is 0. The Morgan fingerprint density at radius 1 is 0.432 bits per heavy atom. The van der Waals surface area contributed by atoms with E-state index in [4.69, 9.17) is 0 Å². The fourth-order valence-corrected chi connectivity index (χ4v) is 0. The molecule has 0 fully saturated rings. The number of carbonyl (C=O) groups is 4. The molecule has 0 aliphatic carbocycles. The van der Waals surface area contributed by atoms with Gasteiger partial charge in [0.15, 0.2) is 0 Å². The van der Waals surface area contributed by atoms with Gasteiger partial charge in [-0.3, -0.25) is 0 Å². The molecule has 0 aromatic rings. The number of halogens is 6. The molecular weight excluding hydrogens is 881 g/mol. The predicted octanol–water partition coefficient (Wildman–Crippen LogP) is 2.51. The van der Waals surface area contributed by atoms with Gasteiger partial charge >= 0.3 is 54.1 Å². The fourth-order valence-electron chi connectivity index (χ4n) is 0. The van der Waals surface area contributed by atoms with Crippen LogP contribution >= 0.6 is 7.81 Å². The van der Waals surface area contributed by atoms with Crippen LogP contribution in [-0.2, 0) is 61.3 Å². The standard InChI is InChI=1S/4C5H10O2.F6P.2W/c4*1-5(2,3)4(6)7;1-7(2,3,4,5)6;;/h4*1-3H3,(H,6,7);;;/q;;;;-1;;+2/p-4. The van der Waals surface area contributed by atoms with E-state index >= 15 is 0 Å². The third kappa shape index (κ3) is 72.1. The molecule has 0 saturated carbocycles. The van der Waals surface area contributed by atoms with Crippen molar-refractivity contribution in [3.63, 3.8) is 0 Å². The van der Waals surface area contributed by atoms with Crippen LogP contribution in [0.15, 0.2) is 0 Å². The summed E-state index contributed by atoms with van der Waals surface area (Å²) >= 11 is 0. The molecule has 0 bridgehead atoms. The maximum absolute atomic E-state index is 10.7. The number of carboxylic acid groups (broad SMARTS) is 4. The second-order valence-corrected chi connectivity index (χ2v) is 13.0. The molecule has 8 nitrogen and oxygen atoms in total. The molecule has 0 aromatic carbocycles. The van der Waals surface area contributed by atoms with Gasteiger partial charge in [-0.15, -0.1) is 0 Å². The Morgan fingerprint density at radius 2 is 0.459 bits per heavy atom. The van der Waals surface area contributed by atoms with E-state index < -0.39 is 53.3 Å². The maximum atomic E-state index is 9.91. The van der Waals surface area contributed by atoms with Gasteiger partial charge in [-0.2, -0.15) is 0 Å². The Morgan fingerprint density at radius 3 is 0.459 bits per heavy atom. The summed E-state index contributed by atoms with van der Waals surface area (Å²) < 4.78 is 59.2. The van der Waals surface area contributed by atoms with Gasteiger partial charge in [0.1, 0.15) is 0 Å². The van der Waals surface area contributed by atoms with Crippen molar-refractivity contribution in [3.8, 4) is 0 Å². The van der Waals surface area contributed by atoms with Crippen LogP contribution in [-0.4, -0.2) is 23.9 Å². The molecule has 0 aliphatic heterocycles. The monoisotopic (exact) mass is 917 g/mol. The van der Waals surface area contributed by atoms with Crippen molar-refractivity contribution in [1.82, 2.24) is 0 Å². The van der Waals surface area contributed by atoms with E-state index in [1.54, 1.807) is 83.1 Å². The van der Waals surface area contributed by atoms with E-state index in [-0.39, 0.29) is 42.1 Å². The molecule has 0 saturated heterocycles. The zero-order valence-electron chi connectivity index (χ0n) is 22.8. The quantitative estimate of drug-likeness (QED) is 0.265. The van der Waals surface area contributed by atoms with Gasteiger partial charge in [0, 0.05) is 66.6 Å². The second-order valence-electron chi connectivity index (χ2n) is 11.1. The number of carbonyl (C=O) groups excluding carboxylic acids is 4. The number of hydrogen-bond acceptors (Lipinski definition) is 8. The van der Waals surface area contributed by atoms with Crippen molar-refractivity contribution in [1.29, 1.82) is 0 Å². The fraction of sp³-hybridized carbons (Fsp3) is 0.800. The van der Waals surface area contributed by atoms with Gasteiger partial charge < -0.3 is 39.6 Å². The number of aliphatic carboxylic acids is 4. The van der Waals surface area contributed by atoms with Gasteiger partial charge in [-0.05, 0) is 0 Å². The summed E-state index contributed by atoms with van der Waals surface area (Å²) in [4.78, 5) is 39.6. The molecule has 0 aliphatic rings. The first-order valence-electron chi connectivity index (χ1n) is 9.65. The van der Waals surface area contributed by atoms with E-state index in [1.165, 1.54) is 0 Å². The molecule has 0 heterocycles. The number of hydrogen-bond donors (Lipinski definition) is 0. The minimum Gasteiger partial charge on any atom is 0 e. The molecule has 0 radical (unpaired) electrons. The van der Waals surface area contributed by atoms with E-state index in [0.29, 0.717) is 0 Å². The Balaban J connectivity index is -0.0000000600. The third-order valence-electron chi connectivity index (χ3n) is 2.45. The van der Waals surface area contributed by atoms with Gasteiger partial charge in [0.05, 0.1) is 0 Å². The van der Waals surface area contributed by atoms with Crippen LogP contribution in [0.5, 0.6) is 0 Å². The zero-order valence-corrected chi connectivity index (χ0v) is 29.6. The van der Waals surface area contributed by atoms with Crippen molar-refractivity contribution in [2.45, 2.75) is 83.1 Å². The minimum absolute atomic E-state index is 0. The third-order valence-corrected chi connectivity index (χ3v) is 2.45. The average molecular weight is 917 g/mol. The van der Waals surface area contributed by atoms with E-state index in [0.717, 1.165) is 0 Å². The van der Waals surface area contributed by atoms with Gasteiger partial charge in [-0.25, -0.2) is 0 Å². The van der Waals surface area contributed by atoms with E-state index in [2.05, 4.69) is 0 Å². The van der Waals surface area contributed by atoms with Crippen molar-refractivity contribution in [3.05, 3.63) is 0 Å². The van der Waals surface area contributed by atoms with Crippen molar-refractivity contribution in [2.75, 3.05) is 0 Å². The minimum atomic E-state index is -10.7. The zero-order chi connectivity index (χ0) is 30.7. The number of rotatable bonds is 0. The van der Waals surface area contributed by atoms with Gasteiger partial charge in [-0.1, -0.05) is 83.1 Å². The molecule has 0 unspecified atom stereocenters. The van der Waals surface area contributed by atoms with Crippen molar-refractivity contribution < 1.29 is 107 Å². The molecule has 37 heavy (non-hydrogen) atoms. The Bertz CT molecular complexity index is 609. The van der Waals surface area contributed by atoms with Crippen molar-refractivity contribution >= 4 is 31.7 Å².